The van der Waals surface area contributed by atoms with Gasteiger partial charge in [-0.1, -0.05) is 6.92 Å². The summed E-state index contributed by atoms with van der Waals surface area (Å²) in [6, 6.07) is 4.09. The number of hydrogen-bond donors (Lipinski definition) is 2. The molecule has 2 N–H and O–H groups in total. The lowest BCUT2D eigenvalue weighted by Gasteiger charge is -2.26. The molecule has 144 valence electrons. The summed E-state index contributed by atoms with van der Waals surface area (Å²) in [6.07, 6.45) is 2.28. The Kier molecular flexibility index (Phi) is 5.71. The van der Waals surface area contributed by atoms with Gasteiger partial charge in [0.15, 0.2) is 5.01 Å². The molecule has 0 radical (unpaired) electrons. The van der Waals surface area contributed by atoms with Crippen molar-refractivity contribution in [1.82, 2.24) is 14.7 Å². The Morgan fingerprint density at radius 2 is 2.19 bits per heavy atom. The quantitative estimate of drug-likeness (QED) is 0.466. The number of hydrogen-bond acceptors (Lipinski definition) is 5. The van der Waals surface area contributed by atoms with Crippen LogP contribution >= 0.6 is 11.3 Å². The molecule has 2 aromatic heterocycles. The highest BCUT2D eigenvalue weighted by molar-refractivity contribution is 7.90. The van der Waals surface area contributed by atoms with E-state index >= 15 is 0 Å². The van der Waals surface area contributed by atoms with Crippen LogP contribution in [0.2, 0.25) is 0 Å². The molecule has 1 aromatic carbocycles. The summed E-state index contributed by atoms with van der Waals surface area (Å²) in [5.74, 6) is -0.570. The number of rotatable bonds is 6. The minimum Gasteiger partial charge on any atom is -0.598 e. The second-order valence-electron chi connectivity index (χ2n) is 7.26. The van der Waals surface area contributed by atoms with E-state index in [-0.39, 0.29) is 22.4 Å². The highest BCUT2D eigenvalue weighted by Crippen LogP contribution is 2.27. The molecular formula is C19H22FN3O2S2. The fraction of sp³-hybridized carbons (Fsp3) is 0.368. The Bertz CT molecular complexity index is 961. The molecule has 2 atom stereocenters. The molecule has 0 spiro atoms. The molecule has 0 amide bonds. The zero-order valence-electron chi connectivity index (χ0n) is 15.6. The average Bonchev–Trinajstić information content (AvgIpc) is 3.24. The molecule has 3 aromatic rings. The minimum absolute atomic E-state index is 0.195. The van der Waals surface area contributed by atoms with Crippen LogP contribution in [0.3, 0.4) is 0 Å². The zero-order valence-corrected chi connectivity index (χ0v) is 17.3. The summed E-state index contributed by atoms with van der Waals surface area (Å²) in [4.78, 5) is 20.3. The van der Waals surface area contributed by atoms with Crippen molar-refractivity contribution >= 4 is 39.4 Å². The number of carbonyl (C=O) groups is 1. The molecule has 2 heterocycles. The van der Waals surface area contributed by atoms with E-state index in [2.05, 4.69) is 14.7 Å². The Labute approximate surface area is 164 Å². The predicted octanol–water partition coefficient (Wildman–Crippen LogP) is 4.50. The highest BCUT2D eigenvalue weighted by atomic mass is 32.2. The van der Waals surface area contributed by atoms with Crippen molar-refractivity contribution < 1.29 is 13.7 Å². The molecule has 27 heavy (non-hydrogen) atoms. The molecule has 8 heteroatoms. The third kappa shape index (κ3) is 4.24. The highest BCUT2D eigenvalue weighted by Gasteiger charge is 2.30. The first kappa shape index (κ1) is 20.0. The van der Waals surface area contributed by atoms with Crippen molar-refractivity contribution in [3.8, 4) is 0 Å². The van der Waals surface area contributed by atoms with E-state index < -0.39 is 11.4 Å². The number of aromatic nitrogens is 2. The van der Waals surface area contributed by atoms with Gasteiger partial charge in [0.2, 0.25) is 5.78 Å². The van der Waals surface area contributed by atoms with Crippen LogP contribution in [-0.2, 0) is 11.4 Å². The van der Waals surface area contributed by atoms with Gasteiger partial charge in [-0.15, -0.1) is 16.1 Å². The van der Waals surface area contributed by atoms with Gasteiger partial charge in [0.05, 0.1) is 17.3 Å². The van der Waals surface area contributed by atoms with Crippen LogP contribution < -0.4 is 4.72 Å². The number of ketones is 1. The van der Waals surface area contributed by atoms with Gasteiger partial charge in [0.1, 0.15) is 10.6 Å². The summed E-state index contributed by atoms with van der Waals surface area (Å²) in [7, 11) is 0. The lowest BCUT2D eigenvalue weighted by molar-refractivity contribution is 0.103. The number of H-pyrrole nitrogens is 1. The molecule has 0 aliphatic heterocycles. The van der Waals surface area contributed by atoms with Crippen LogP contribution in [0.4, 0.5) is 4.39 Å². The van der Waals surface area contributed by atoms with Gasteiger partial charge in [-0.3, -0.25) is 4.79 Å². The van der Waals surface area contributed by atoms with Crippen LogP contribution in [0.1, 0.15) is 61.2 Å². The molecule has 2 unspecified atom stereocenters. The third-order valence-corrected chi connectivity index (χ3v) is 6.65. The van der Waals surface area contributed by atoms with E-state index in [1.807, 2.05) is 33.1 Å². The Balaban J connectivity index is 1.84. The monoisotopic (exact) mass is 407 g/mol. The molecule has 0 saturated carbocycles. The molecule has 3 rings (SSSR count). The van der Waals surface area contributed by atoms with Gasteiger partial charge < -0.3 is 9.54 Å². The smallest absolute Gasteiger partial charge is 0.223 e. The number of aromatic amines is 1. The number of halogens is 1. The van der Waals surface area contributed by atoms with Crippen molar-refractivity contribution in [3.05, 3.63) is 51.9 Å². The van der Waals surface area contributed by atoms with Crippen LogP contribution in [0.5, 0.6) is 0 Å². The summed E-state index contributed by atoms with van der Waals surface area (Å²) >= 11 is 0.0279. The fourth-order valence-electron chi connectivity index (χ4n) is 2.61. The maximum Gasteiger partial charge on any atom is 0.223 e. The number of fused-ring (bicyclic) bond motifs is 1. The van der Waals surface area contributed by atoms with Crippen LogP contribution in [0.15, 0.2) is 29.8 Å². The SMILES string of the molecule is CCC(N[S+]([O-])C(C)(C)C)c1csc(C(=O)c2c[nH]c3cc(F)ccc23)n1. The van der Waals surface area contributed by atoms with Crippen molar-refractivity contribution in [2.24, 2.45) is 0 Å². The van der Waals surface area contributed by atoms with Gasteiger partial charge in [-0.25, -0.2) is 9.37 Å². The third-order valence-electron chi connectivity index (χ3n) is 4.18. The van der Waals surface area contributed by atoms with E-state index in [1.165, 1.54) is 23.5 Å². The van der Waals surface area contributed by atoms with Gasteiger partial charge in [-0.2, -0.15) is 0 Å². The second kappa shape index (κ2) is 7.71. The van der Waals surface area contributed by atoms with E-state index in [4.69, 9.17) is 0 Å². The van der Waals surface area contributed by atoms with Gasteiger partial charge in [0.25, 0.3) is 0 Å². The molecular weight excluding hydrogens is 385 g/mol. The summed E-state index contributed by atoms with van der Waals surface area (Å²) in [5.41, 5.74) is 1.74. The van der Waals surface area contributed by atoms with E-state index in [9.17, 15) is 13.7 Å². The van der Waals surface area contributed by atoms with Crippen molar-refractivity contribution in [2.45, 2.75) is 44.9 Å². The lowest BCUT2D eigenvalue weighted by Crippen LogP contribution is -2.41. The first-order valence-corrected chi connectivity index (χ1v) is 10.7. The topological polar surface area (TPSA) is 80.8 Å². The average molecular weight is 408 g/mol. The maximum absolute atomic E-state index is 13.3. The Morgan fingerprint density at radius 3 is 2.85 bits per heavy atom. The number of carbonyl (C=O) groups excluding carboxylic acids is 1. The first-order valence-electron chi connectivity index (χ1n) is 8.65. The van der Waals surface area contributed by atoms with E-state index in [1.54, 1.807) is 12.3 Å². The van der Waals surface area contributed by atoms with Crippen molar-refractivity contribution in [3.63, 3.8) is 0 Å². The maximum atomic E-state index is 13.3. The Morgan fingerprint density at radius 1 is 1.44 bits per heavy atom. The molecule has 0 aliphatic carbocycles. The minimum atomic E-state index is -1.23. The van der Waals surface area contributed by atoms with Gasteiger partial charge in [-0.05, 0) is 45.4 Å². The number of thiazole rings is 1. The van der Waals surface area contributed by atoms with Crippen LogP contribution in [0, 0.1) is 5.82 Å². The fourth-order valence-corrected chi connectivity index (χ4v) is 4.33. The first-order chi connectivity index (χ1) is 12.7. The molecule has 0 bridgehead atoms. The molecule has 0 aliphatic rings. The van der Waals surface area contributed by atoms with Crippen LogP contribution in [-0.4, -0.2) is 25.1 Å². The number of benzene rings is 1. The van der Waals surface area contributed by atoms with E-state index in [0.29, 0.717) is 33.6 Å². The van der Waals surface area contributed by atoms with Crippen molar-refractivity contribution in [1.29, 1.82) is 0 Å². The van der Waals surface area contributed by atoms with Gasteiger partial charge in [0, 0.05) is 33.8 Å². The second-order valence-corrected chi connectivity index (χ2v) is 10.1. The van der Waals surface area contributed by atoms with Crippen LogP contribution in [0.25, 0.3) is 10.9 Å². The predicted molar refractivity (Wildman–Crippen MR) is 108 cm³/mol. The lowest BCUT2D eigenvalue weighted by atomic mass is 10.1. The number of nitrogens with one attached hydrogen (secondary N) is 2. The molecule has 0 fully saturated rings. The Hall–Kier alpha value is -1.74. The van der Waals surface area contributed by atoms with Crippen molar-refractivity contribution in [2.75, 3.05) is 0 Å². The zero-order chi connectivity index (χ0) is 19.8. The molecule has 5 nitrogen and oxygen atoms in total. The van der Waals surface area contributed by atoms with Gasteiger partial charge >= 0.3 is 0 Å². The summed E-state index contributed by atoms with van der Waals surface area (Å²) < 4.78 is 28.4. The normalized spacial score (nSPS) is 14.4. The standard InChI is InChI=1S/C19H22FN3O2S2/c1-5-14(23-27(25)19(2,3)4)16-10-26-18(22-16)17(24)13-9-21-15-8-11(20)6-7-12(13)15/h6-10,14,21,23H,5H2,1-4H3. The van der Waals surface area contributed by atoms with E-state index in [0.717, 1.165) is 0 Å². The largest absolute Gasteiger partial charge is 0.598 e. The summed E-state index contributed by atoms with van der Waals surface area (Å²) in [6.45, 7) is 7.68. The summed E-state index contributed by atoms with van der Waals surface area (Å²) in [5, 5.41) is 2.84. The molecule has 0 saturated heterocycles. The number of nitrogens with zero attached hydrogens (tertiary/aromatic N) is 1.